The van der Waals surface area contributed by atoms with Gasteiger partial charge in [0.15, 0.2) is 23.0 Å². The Morgan fingerprint density at radius 2 is 1.57 bits per heavy atom. The molecule has 0 bridgehead atoms. The fraction of sp³-hybridized carbons (Fsp3) is 0.425. The van der Waals surface area contributed by atoms with E-state index in [4.69, 9.17) is 23.7 Å². The number of ether oxygens (including phenoxy) is 5. The van der Waals surface area contributed by atoms with E-state index in [1.807, 2.05) is 46.8 Å². The van der Waals surface area contributed by atoms with Gasteiger partial charge in [0.1, 0.15) is 17.1 Å². The van der Waals surface area contributed by atoms with Crippen LogP contribution in [-0.2, 0) is 17.6 Å². The van der Waals surface area contributed by atoms with Gasteiger partial charge in [-0.3, -0.25) is 10.1 Å². The topological polar surface area (TPSA) is 187 Å². The monoisotopic (exact) mass is 733 g/mol. The molecule has 0 amide bonds. The summed E-state index contributed by atoms with van der Waals surface area (Å²) in [5, 5.41) is 55.2. The minimum Gasteiger partial charge on any atom is -0.507 e. The number of carboxylic acids is 1. The Kier molecular flexibility index (Phi) is 11.0. The summed E-state index contributed by atoms with van der Waals surface area (Å²) in [4.78, 5) is 24.1. The van der Waals surface area contributed by atoms with Crippen molar-refractivity contribution >= 4 is 23.8 Å². The highest BCUT2D eigenvalue weighted by molar-refractivity contribution is 5.78. The lowest BCUT2D eigenvalue weighted by molar-refractivity contribution is -0.386. The molecule has 0 radical (unpaired) electrons. The number of nitro groups is 1. The smallest absolute Gasteiger partial charge is 0.349 e. The number of hydrogen-bond acceptors (Lipinski definition) is 11. The van der Waals surface area contributed by atoms with Crippen molar-refractivity contribution in [1.82, 2.24) is 0 Å². The molecule has 1 heterocycles. The van der Waals surface area contributed by atoms with Crippen molar-refractivity contribution < 1.29 is 53.8 Å². The second-order valence-corrected chi connectivity index (χ2v) is 14.6. The molecule has 3 aromatic rings. The highest BCUT2D eigenvalue weighted by atomic mass is 16.6. The first-order valence-corrected chi connectivity index (χ1v) is 17.2. The summed E-state index contributed by atoms with van der Waals surface area (Å²) in [6.07, 6.45) is 2.67. The molecule has 0 spiro atoms. The molecule has 1 saturated carbocycles. The molecule has 1 aliphatic carbocycles. The molecule has 2 unspecified atom stereocenters. The van der Waals surface area contributed by atoms with Gasteiger partial charge in [-0.2, -0.15) is 0 Å². The Hall–Kier alpha value is -5.27. The number of phenols is 1. The van der Waals surface area contributed by atoms with Gasteiger partial charge in [0.25, 0.3) is 5.69 Å². The second kappa shape index (κ2) is 15.0. The maximum atomic E-state index is 12.7. The largest absolute Gasteiger partial charge is 0.507 e. The molecule has 53 heavy (non-hydrogen) atoms. The highest BCUT2D eigenvalue weighted by Gasteiger charge is 2.58. The molecule has 1 fully saturated rings. The summed E-state index contributed by atoms with van der Waals surface area (Å²) >= 11 is 0. The van der Waals surface area contributed by atoms with Gasteiger partial charge in [0.05, 0.1) is 50.1 Å². The molecule has 2 aliphatic rings. The third-order valence-electron chi connectivity index (χ3n) is 10.4. The van der Waals surface area contributed by atoms with E-state index in [1.54, 1.807) is 31.4 Å². The van der Waals surface area contributed by atoms with Crippen LogP contribution in [0.5, 0.6) is 34.5 Å². The minimum atomic E-state index is -1.86. The van der Waals surface area contributed by atoms with E-state index in [0.29, 0.717) is 23.5 Å². The number of nitrogens with zero attached hydrogens (tertiary/aromatic N) is 1. The summed E-state index contributed by atoms with van der Waals surface area (Å²) in [6, 6.07) is 9.12. The van der Waals surface area contributed by atoms with E-state index >= 15 is 0 Å². The molecule has 4 N–H and O–H groups in total. The van der Waals surface area contributed by atoms with Gasteiger partial charge in [-0.25, -0.2) is 4.79 Å². The number of hydrogen-bond donors (Lipinski definition) is 4. The first kappa shape index (κ1) is 38.9. The Morgan fingerprint density at radius 3 is 2.15 bits per heavy atom. The summed E-state index contributed by atoms with van der Waals surface area (Å²) in [7, 11) is 4.17. The normalized spacial score (nSPS) is 22.1. The molecule has 5 rings (SSSR count). The van der Waals surface area contributed by atoms with Crippen LogP contribution < -0.4 is 23.7 Å². The molecule has 13 nitrogen and oxygen atoms in total. The fourth-order valence-electron chi connectivity index (χ4n) is 7.58. The number of fused-ring (bicyclic) bond motifs is 2. The molecular formula is C40H47NO12. The number of carbonyl (C=O) groups is 1. The Labute approximate surface area is 308 Å². The second-order valence-electron chi connectivity index (χ2n) is 14.6. The quantitative estimate of drug-likeness (QED) is 0.0671. The maximum Gasteiger partial charge on any atom is 0.349 e. The van der Waals surface area contributed by atoms with E-state index in [-0.39, 0.29) is 52.9 Å². The van der Waals surface area contributed by atoms with Crippen LogP contribution in [0.1, 0.15) is 75.0 Å². The van der Waals surface area contributed by atoms with Gasteiger partial charge in [-0.1, -0.05) is 37.6 Å². The summed E-state index contributed by atoms with van der Waals surface area (Å²) < 4.78 is 28.9. The van der Waals surface area contributed by atoms with E-state index in [0.717, 1.165) is 22.8 Å². The number of benzene rings is 3. The Balaban J connectivity index is 1.56. The van der Waals surface area contributed by atoms with E-state index in [9.17, 15) is 35.3 Å². The first-order chi connectivity index (χ1) is 24.9. The standard InChI is InChI=1S/C40H47NO12/c1-21(2)9-12-25-28(42)14-23(15-30(25)52-36(38(45)46)26-18-31(49-6)32(50-7)19-27(26)41(47)48)11-10-22-13-24-17-34-39(3,4)37(44)29(43)20-40(34,5)53-35(24)33(16-22)51-8/h9-11,13-16,18-19,29,34,36-37,42-44H,12,17,20H2,1-8H3,(H,45,46)/b11-10+/t29-,34?,36?,37-,40-/m1/s1. The number of nitro benzene ring substituents is 1. The molecule has 284 valence electrons. The van der Waals surface area contributed by atoms with Gasteiger partial charge in [-0.05, 0) is 80.6 Å². The highest BCUT2D eigenvalue weighted by Crippen LogP contribution is 2.55. The van der Waals surface area contributed by atoms with E-state index < -0.39 is 45.9 Å². The third-order valence-corrected chi connectivity index (χ3v) is 10.4. The van der Waals surface area contributed by atoms with Gasteiger partial charge in [0, 0.05) is 23.3 Å². The summed E-state index contributed by atoms with van der Waals surface area (Å²) in [5.41, 5.74) is 1.09. The number of aromatic hydroxyl groups is 1. The number of allylic oxidation sites excluding steroid dienone is 2. The molecule has 0 saturated heterocycles. The van der Waals surface area contributed by atoms with Crippen molar-refractivity contribution in [3.63, 3.8) is 0 Å². The number of carboxylic acid groups (broad SMARTS) is 1. The zero-order valence-corrected chi connectivity index (χ0v) is 31.1. The molecule has 13 heteroatoms. The molecule has 0 aromatic heterocycles. The SMILES string of the molecule is COc1cc(C(Oc2cc(/C=C/c3cc4c(c(OC)c3)O[C@]3(C)C[C@@H](O)[C@@H](O)C(C)(C)C3C4)cc(O)c2CC=C(C)C)C(=O)O)c([N+](=O)[O-])cc1OC. The van der Waals surface area contributed by atoms with Gasteiger partial charge < -0.3 is 44.1 Å². The predicted molar refractivity (Wildman–Crippen MR) is 197 cm³/mol. The van der Waals surface area contributed by atoms with E-state index in [1.165, 1.54) is 26.4 Å². The lowest BCUT2D eigenvalue weighted by Crippen LogP contribution is -2.63. The van der Waals surface area contributed by atoms with Crippen LogP contribution in [0.25, 0.3) is 12.2 Å². The lowest BCUT2D eigenvalue weighted by Gasteiger charge is -2.56. The zero-order chi connectivity index (χ0) is 39.0. The number of phenolic OH excluding ortho intramolecular Hbond substituents is 1. The van der Waals surface area contributed by atoms with Gasteiger partial charge >= 0.3 is 5.97 Å². The average Bonchev–Trinajstić information content (AvgIpc) is 3.10. The fourth-order valence-corrected chi connectivity index (χ4v) is 7.58. The maximum absolute atomic E-state index is 12.7. The minimum absolute atomic E-state index is 0.00890. The first-order valence-electron chi connectivity index (χ1n) is 17.2. The van der Waals surface area contributed by atoms with Crippen LogP contribution in [0, 0.1) is 21.4 Å². The lowest BCUT2D eigenvalue weighted by atomic mass is 9.57. The summed E-state index contributed by atoms with van der Waals surface area (Å²) in [6.45, 7) is 9.58. The molecule has 3 aromatic carbocycles. The van der Waals surface area contributed by atoms with Crippen molar-refractivity contribution in [2.45, 2.75) is 77.8 Å². The molecular weight excluding hydrogens is 686 g/mol. The molecule has 1 aliphatic heterocycles. The number of rotatable bonds is 12. The third kappa shape index (κ3) is 7.63. The average molecular weight is 734 g/mol. The number of aliphatic hydroxyl groups is 2. The van der Waals surface area contributed by atoms with E-state index in [2.05, 4.69) is 0 Å². The van der Waals surface area contributed by atoms with Crippen molar-refractivity contribution in [3.05, 3.63) is 86.0 Å². The van der Waals surface area contributed by atoms with Crippen LogP contribution >= 0.6 is 0 Å². The van der Waals surface area contributed by atoms with Crippen LogP contribution in [0.2, 0.25) is 0 Å². The molecule has 5 atom stereocenters. The van der Waals surface area contributed by atoms with Crippen LogP contribution in [0.15, 0.2) is 48.0 Å². The zero-order valence-electron chi connectivity index (χ0n) is 31.1. The van der Waals surface area contributed by atoms with Crippen molar-refractivity contribution in [3.8, 4) is 34.5 Å². The van der Waals surface area contributed by atoms with Crippen LogP contribution in [0.3, 0.4) is 0 Å². The van der Waals surface area contributed by atoms with Crippen LogP contribution in [-0.4, -0.2) is 70.5 Å². The van der Waals surface area contributed by atoms with Crippen molar-refractivity contribution in [2.24, 2.45) is 11.3 Å². The predicted octanol–water partition coefficient (Wildman–Crippen LogP) is 6.67. The van der Waals surface area contributed by atoms with Crippen molar-refractivity contribution in [2.75, 3.05) is 21.3 Å². The van der Waals surface area contributed by atoms with Gasteiger partial charge in [-0.15, -0.1) is 0 Å². The number of methoxy groups -OCH3 is 3. The Morgan fingerprint density at radius 1 is 0.962 bits per heavy atom. The van der Waals surface area contributed by atoms with Gasteiger partial charge in [0.2, 0.25) is 6.10 Å². The van der Waals surface area contributed by atoms with Crippen molar-refractivity contribution in [1.29, 1.82) is 0 Å². The number of aliphatic carboxylic acids is 1. The summed E-state index contributed by atoms with van der Waals surface area (Å²) in [5.74, 6) is -0.595. The number of aliphatic hydroxyl groups excluding tert-OH is 2. The Bertz CT molecular complexity index is 1960. The van der Waals surface area contributed by atoms with Crippen LogP contribution in [0.4, 0.5) is 5.69 Å².